The lowest BCUT2D eigenvalue weighted by Gasteiger charge is -2.33. The molecule has 1 atom stereocenters. The maximum absolute atomic E-state index is 12.9. The number of carbonyl (C=O) groups excluding carboxylic acids is 2. The number of aromatic nitrogens is 2. The third-order valence-electron chi connectivity index (χ3n) is 6.63. The van der Waals surface area contributed by atoms with E-state index in [1.807, 2.05) is 6.07 Å². The Morgan fingerprint density at radius 1 is 1.06 bits per heavy atom. The number of aryl methyl sites for hydroxylation is 1. The van der Waals surface area contributed by atoms with Gasteiger partial charge in [0.05, 0.1) is 11.0 Å². The average molecular weight is 431 g/mol. The van der Waals surface area contributed by atoms with E-state index in [4.69, 9.17) is 9.47 Å². The van der Waals surface area contributed by atoms with Crippen molar-refractivity contribution >= 4 is 22.8 Å². The van der Waals surface area contributed by atoms with Crippen LogP contribution in [0.15, 0.2) is 23.0 Å². The van der Waals surface area contributed by atoms with Crippen LogP contribution < -0.4 is 11.0 Å². The maximum Gasteiger partial charge on any atom is 0.329 e. The molecule has 2 aliphatic rings. The lowest BCUT2D eigenvalue weighted by molar-refractivity contribution is -0.135. The second-order valence-corrected chi connectivity index (χ2v) is 8.40. The monoisotopic (exact) mass is 430 g/mol. The zero-order chi connectivity index (χ0) is 22.1. The fourth-order valence-electron chi connectivity index (χ4n) is 4.77. The van der Waals surface area contributed by atoms with Crippen LogP contribution in [-0.2, 0) is 26.1 Å². The van der Waals surface area contributed by atoms with Crippen LogP contribution in [-0.4, -0.2) is 66.0 Å². The van der Waals surface area contributed by atoms with Gasteiger partial charge < -0.3 is 9.47 Å². The Balaban J connectivity index is 1.55. The van der Waals surface area contributed by atoms with E-state index in [1.165, 1.54) is 10.1 Å². The molecule has 168 valence electrons. The van der Waals surface area contributed by atoms with Crippen LogP contribution in [0.2, 0.25) is 0 Å². The molecule has 31 heavy (non-hydrogen) atoms. The molecule has 0 bridgehead atoms. The summed E-state index contributed by atoms with van der Waals surface area (Å²) in [6.45, 7) is 2.67. The lowest BCUT2D eigenvalue weighted by Crippen LogP contribution is -2.44. The van der Waals surface area contributed by atoms with Crippen LogP contribution in [0.4, 0.5) is 0 Å². The number of piperidine rings is 2. The number of hydrogen-bond acceptors (Lipinski definition) is 6. The molecule has 2 saturated heterocycles. The van der Waals surface area contributed by atoms with Crippen molar-refractivity contribution in [2.24, 2.45) is 7.05 Å². The number of imidazole rings is 1. The molecule has 0 aliphatic carbocycles. The topological polar surface area (TPSA) is 94.8 Å². The largest absolute Gasteiger partial charge is 0.355 e. The SMILES string of the molecule is COC(CN1CCC(c2ccc3c(c2)n(C)c(=O)n3C2CCC(=O)NC2=O)CC1)OC. The van der Waals surface area contributed by atoms with Gasteiger partial charge in [-0.2, -0.15) is 0 Å². The lowest BCUT2D eigenvalue weighted by atomic mass is 9.89. The van der Waals surface area contributed by atoms with Gasteiger partial charge in [-0.15, -0.1) is 0 Å². The molecule has 9 nitrogen and oxygen atoms in total. The van der Waals surface area contributed by atoms with Gasteiger partial charge in [0.15, 0.2) is 6.29 Å². The third kappa shape index (κ3) is 4.17. The van der Waals surface area contributed by atoms with E-state index in [0.717, 1.165) is 43.5 Å². The Morgan fingerprint density at radius 2 is 1.77 bits per heavy atom. The van der Waals surface area contributed by atoms with Crippen molar-refractivity contribution in [2.75, 3.05) is 33.9 Å². The van der Waals surface area contributed by atoms with E-state index in [9.17, 15) is 14.4 Å². The number of nitrogens with one attached hydrogen (secondary N) is 1. The second kappa shape index (κ2) is 8.94. The van der Waals surface area contributed by atoms with Crippen LogP contribution >= 0.6 is 0 Å². The fourth-order valence-corrected chi connectivity index (χ4v) is 4.77. The third-order valence-corrected chi connectivity index (χ3v) is 6.63. The summed E-state index contributed by atoms with van der Waals surface area (Å²) in [7, 11) is 5.04. The number of nitrogens with zero attached hydrogens (tertiary/aromatic N) is 3. The highest BCUT2D eigenvalue weighted by Crippen LogP contribution is 2.31. The molecule has 0 spiro atoms. The first-order chi connectivity index (χ1) is 14.9. The molecule has 0 radical (unpaired) electrons. The van der Waals surface area contributed by atoms with Crippen LogP contribution in [0.1, 0.15) is 43.2 Å². The van der Waals surface area contributed by atoms with Crippen LogP contribution in [0.25, 0.3) is 11.0 Å². The van der Waals surface area contributed by atoms with Crippen molar-refractivity contribution in [1.29, 1.82) is 0 Å². The van der Waals surface area contributed by atoms with Gasteiger partial charge in [-0.05, 0) is 56.0 Å². The summed E-state index contributed by atoms with van der Waals surface area (Å²) in [4.78, 5) is 39.1. The van der Waals surface area contributed by atoms with Gasteiger partial charge in [-0.25, -0.2) is 4.79 Å². The minimum Gasteiger partial charge on any atom is -0.355 e. The number of benzene rings is 1. The van der Waals surface area contributed by atoms with Crippen molar-refractivity contribution < 1.29 is 19.1 Å². The highest BCUT2D eigenvalue weighted by molar-refractivity contribution is 6.00. The van der Waals surface area contributed by atoms with E-state index >= 15 is 0 Å². The second-order valence-electron chi connectivity index (χ2n) is 8.40. The zero-order valence-electron chi connectivity index (χ0n) is 18.3. The van der Waals surface area contributed by atoms with Gasteiger partial charge in [0.25, 0.3) is 0 Å². The Morgan fingerprint density at radius 3 is 2.42 bits per heavy atom. The van der Waals surface area contributed by atoms with E-state index < -0.39 is 11.9 Å². The number of fused-ring (bicyclic) bond motifs is 1. The number of ether oxygens (including phenoxy) is 2. The minimum absolute atomic E-state index is 0.213. The normalized spacial score (nSPS) is 21.2. The average Bonchev–Trinajstić information content (AvgIpc) is 3.02. The van der Waals surface area contributed by atoms with E-state index in [0.29, 0.717) is 12.3 Å². The molecule has 1 aromatic carbocycles. The molecular weight excluding hydrogens is 400 g/mol. The predicted octanol–water partition coefficient (Wildman–Crippen LogP) is 1.12. The number of hydrogen-bond donors (Lipinski definition) is 1. The Kier molecular flexibility index (Phi) is 6.27. The number of methoxy groups -OCH3 is 2. The van der Waals surface area contributed by atoms with E-state index in [1.54, 1.807) is 25.8 Å². The maximum atomic E-state index is 12.9. The first-order valence-electron chi connectivity index (χ1n) is 10.8. The van der Waals surface area contributed by atoms with Gasteiger partial charge >= 0.3 is 5.69 Å². The molecule has 2 aliphatic heterocycles. The zero-order valence-corrected chi connectivity index (χ0v) is 18.3. The Hall–Kier alpha value is -2.49. The van der Waals surface area contributed by atoms with Gasteiger partial charge in [0, 0.05) is 34.2 Å². The molecule has 1 aromatic heterocycles. The summed E-state index contributed by atoms with van der Waals surface area (Å²) >= 11 is 0. The van der Waals surface area contributed by atoms with Crippen molar-refractivity contribution in [3.05, 3.63) is 34.2 Å². The summed E-state index contributed by atoms with van der Waals surface area (Å²) in [5, 5.41) is 2.35. The minimum atomic E-state index is -0.655. The molecule has 3 heterocycles. The predicted molar refractivity (Wildman–Crippen MR) is 115 cm³/mol. The Labute approximate surface area is 180 Å². The number of rotatable bonds is 6. The molecule has 9 heteroatoms. The van der Waals surface area contributed by atoms with E-state index in [2.05, 4.69) is 22.3 Å². The molecule has 1 N–H and O–H groups in total. The molecule has 2 amide bonds. The molecular formula is C22H30N4O5. The van der Waals surface area contributed by atoms with Crippen molar-refractivity contribution in [3.63, 3.8) is 0 Å². The summed E-state index contributed by atoms with van der Waals surface area (Å²) in [6, 6.07) is 5.43. The molecule has 1 unspecified atom stereocenters. The number of likely N-dealkylation sites (tertiary alicyclic amines) is 1. The quantitative estimate of drug-likeness (QED) is 0.545. The van der Waals surface area contributed by atoms with Crippen molar-refractivity contribution in [2.45, 2.75) is 43.9 Å². The standard InChI is InChI=1S/C22H30N4O5/c1-24-18-12-15(14-8-10-25(11-9-14)13-20(30-2)31-3)4-5-16(18)26(22(24)29)17-6-7-19(27)23-21(17)28/h4-5,12,14,17,20H,6-11,13H2,1-3H3,(H,23,27,28). The van der Waals surface area contributed by atoms with Gasteiger partial charge in [-0.1, -0.05) is 6.07 Å². The Bertz CT molecular complexity index is 1030. The van der Waals surface area contributed by atoms with Crippen molar-refractivity contribution in [3.8, 4) is 0 Å². The molecule has 2 fully saturated rings. The number of carbonyl (C=O) groups is 2. The van der Waals surface area contributed by atoms with Gasteiger partial charge in [-0.3, -0.25) is 28.9 Å². The van der Waals surface area contributed by atoms with E-state index in [-0.39, 0.29) is 24.3 Å². The first-order valence-corrected chi connectivity index (χ1v) is 10.8. The highest BCUT2D eigenvalue weighted by atomic mass is 16.7. The summed E-state index contributed by atoms with van der Waals surface area (Å²) in [6.07, 6.45) is 2.41. The van der Waals surface area contributed by atoms with Crippen molar-refractivity contribution in [1.82, 2.24) is 19.4 Å². The van der Waals surface area contributed by atoms with Gasteiger partial charge in [0.1, 0.15) is 6.04 Å². The highest BCUT2D eigenvalue weighted by Gasteiger charge is 2.31. The molecule has 2 aromatic rings. The van der Waals surface area contributed by atoms with Crippen LogP contribution in [0.5, 0.6) is 0 Å². The molecule has 0 saturated carbocycles. The molecule has 4 rings (SSSR count). The summed E-state index contributed by atoms with van der Waals surface area (Å²) < 4.78 is 13.7. The summed E-state index contributed by atoms with van der Waals surface area (Å²) in [5.41, 5.74) is 2.51. The van der Waals surface area contributed by atoms with Crippen LogP contribution in [0.3, 0.4) is 0 Å². The van der Waals surface area contributed by atoms with Gasteiger partial charge in [0.2, 0.25) is 11.8 Å². The smallest absolute Gasteiger partial charge is 0.329 e. The number of amides is 2. The van der Waals surface area contributed by atoms with Crippen LogP contribution in [0, 0.1) is 0 Å². The number of imide groups is 1. The summed E-state index contributed by atoms with van der Waals surface area (Å²) in [5.74, 6) is -0.281. The first kappa shape index (κ1) is 21.7. The fraction of sp³-hybridized carbons (Fsp3) is 0.591.